The summed E-state index contributed by atoms with van der Waals surface area (Å²) in [5, 5.41) is 4.27. The first-order valence-electron chi connectivity index (χ1n) is 6.98. The van der Waals surface area contributed by atoms with E-state index in [0.29, 0.717) is 12.3 Å². The number of likely N-dealkylation sites (N-methyl/N-ethyl adjacent to an activating group) is 1. The SMILES string of the molecule is CC(C)Cn1ncnc1CC(N)C1CN(C)CCO1. The number of nitrogens with zero attached hydrogens (tertiary/aromatic N) is 4. The highest BCUT2D eigenvalue weighted by molar-refractivity contribution is 4.93. The van der Waals surface area contributed by atoms with Crippen LogP contribution in [0, 0.1) is 5.92 Å². The van der Waals surface area contributed by atoms with Crippen molar-refractivity contribution < 1.29 is 4.74 Å². The predicted molar refractivity (Wildman–Crippen MR) is 73.8 cm³/mol. The quantitative estimate of drug-likeness (QED) is 0.821. The fourth-order valence-corrected chi connectivity index (χ4v) is 2.36. The van der Waals surface area contributed by atoms with Gasteiger partial charge in [0.1, 0.15) is 12.2 Å². The first kappa shape index (κ1) is 14.4. The Bertz CT molecular complexity index is 392. The van der Waals surface area contributed by atoms with Gasteiger partial charge < -0.3 is 15.4 Å². The van der Waals surface area contributed by atoms with Gasteiger partial charge >= 0.3 is 0 Å². The standard InChI is InChI=1S/C13H25N5O/c1-10(2)7-18-13(15-9-16-18)6-11(14)12-8-17(3)4-5-19-12/h9-12H,4-8,14H2,1-3H3. The molecule has 108 valence electrons. The summed E-state index contributed by atoms with van der Waals surface area (Å²) in [6.07, 6.45) is 2.41. The van der Waals surface area contributed by atoms with Gasteiger partial charge in [-0.05, 0) is 13.0 Å². The van der Waals surface area contributed by atoms with Crippen molar-refractivity contribution >= 4 is 0 Å². The van der Waals surface area contributed by atoms with Gasteiger partial charge in [-0.2, -0.15) is 5.10 Å². The summed E-state index contributed by atoms with van der Waals surface area (Å²) < 4.78 is 7.71. The van der Waals surface area contributed by atoms with Gasteiger partial charge in [0.2, 0.25) is 0 Å². The van der Waals surface area contributed by atoms with Crippen molar-refractivity contribution in [2.45, 2.75) is 39.0 Å². The molecule has 2 rings (SSSR count). The van der Waals surface area contributed by atoms with E-state index in [1.807, 2.05) is 4.68 Å². The molecule has 1 aromatic rings. The third kappa shape index (κ3) is 3.99. The molecule has 1 aromatic heterocycles. The third-order valence-electron chi connectivity index (χ3n) is 3.43. The molecule has 1 aliphatic rings. The Morgan fingerprint density at radius 1 is 1.53 bits per heavy atom. The lowest BCUT2D eigenvalue weighted by molar-refractivity contribution is -0.0323. The Labute approximate surface area is 114 Å². The van der Waals surface area contributed by atoms with Crippen LogP contribution in [0.1, 0.15) is 19.7 Å². The molecule has 19 heavy (non-hydrogen) atoms. The molecule has 0 aliphatic carbocycles. The van der Waals surface area contributed by atoms with Gasteiger partial charge in [-0.15, -0.1) is 0 Å². The summed E-state index contributed by atoms with van der Waals surface area (Å²) in [7, 11) is 2.10. The fourth-order valence-electron chi connectivity index (χ4n) is 2.36. The van der Waals surface area contributed by atoms with E-state index in [0.717, 1.165) is 32.1 Å². The van der Waals surface area contributed by atoms with E-state index in [2.05, 4.69) is 35.9 Å². The summed E-state index contributed by atoms with van der Waals surface area (Å²) in [5.41, 5.74) is 6.27. The van der Waals surface area contributed by atoms with E-state index in [1.165, 1.54) is 0 Å². The number of morpholine rings is 1. The number of nitrogens with two attached hydrogens (primary N) is 1. The van der Waals surface area contributed by atoms with Crippen molar-refractivity contribution in [2.24, 2.45) is 11.7 Å². The Kier molecular flexibility index (Phi) is 4.90. The molecule has 6 heteroatoms. The summed E-state index contributed by atoms with van der Waals surface area (Å²) in [5.74, 6) is 1.51. The van der Waals surface area contributed by atoms with Gasteiger partial charge in [-0.1, -0.05) is 13.8 Å². The minimum Gasteiger partial charge on any atom is -0.374 e. The monoisotopic (exact) mass is 267 g/mol. The van der Waals surface area contributed by atoms with Gasteiger partial charge in [0.25, 0.3) is 0 Å². The van der Waals surface area contributed by atoms with E-state index in [4.69, 9.17) is 10.5 Å². The highest BCUT2D eigenvalue weighted by atomic mass is 16.5. The maximum Gasteiger partial charge on any atom is 0.138 e. The minimum atomic E-state index is -0.0298. The van der Waals surface area contributed by atoms with E-state index >= 15 is 0 Å². The predicted octanol–water partition coefficient (Wildman–Crippen LogP) is 0.135. The highest BCUT2D eigenvalue weighted by Gasteiger charge is 2.25. The zero-order valence-corrected chi connectivity index (χ0v) is 12.1. The first-order chi connectivity index (χ1) is 9.06. The topological polar surface area (TPSA) is 69.2 Å². The Morgan fingerprint density at radius 2 is 2.32 bits per heavy atom. The molecule has 0 radical (unpaired) electrons. The van der Waals surface area contributed by atoms with Crippen LogP contribution in [0.15, 0.2) is 6.33 Å². The van der Waals surface area contributed by atoms with Crippen LogP contribution in [0.5, 0.6) is 0 Å². The molecule has 0 aromatic carbocycles. The summed E-state index contributed by atoms with van der Waals surface area (Å²) >= 11 is 0. The van der Waals surface area contributed by atoms with Crippen LogP contribution in [0.4, 0.5) is 0 Å². The molecule has 0 saturated carbocycles. The highest BCUT2D eigenvalue weighted by Crippen LogP contribution is 2.10. The molecule has 1 fully saturated rings. The lowest BCUT2D eigenvalue weighted by Gasteiger charge is -2.33. The average molecular weight is 267 g/mol. The van der Waals surface area contributed by atoms with Gasteiger partial charge in [0.05, 0.1) is 12.7 Å². The van der Waals surface area contributed by atoms with Crippen LogP contribution in [-0.2, 0) is 17.7 Å². The van der Waals surface area contributed by atoms with Crippen LogP contribution in [-0.4, -0.2) is 58.6 Å². The van der Waals surface area contributed by atoms with Crippen LogP contribution in [0.2, 0.25) is 0 Å². The zero-order valence-electron chi connectivity index (χ0n) is 12.1. The number of aromatic nitrogens is 3. The van der Waals surface area contributed by atoms with Gasteiger partial charge in [-0.25, -0.2) is 9.67 Å². The van der Waals surface area contributed by atoms with Crippen molar-refractivity contribution in [2.75, 3.05) is 26.7 Å². The molecule has 0 spiro atoms. The summed E-state index contributed by atoms with van der Waals surface area (Å²) in [6.45, 7) is 7.85. The van der Waals surface area contributed by atoms with E-state index < -0.39 is 0 Å². The van der Waals surface area contributed by atoms with Crippen molar-refractivity contribution in [3.8, 4) is 0 Å². The van der Waals surface area contributed by atoms with Crippen LogP contribution >= 0.6 is 0 Å². The molecule has 2 N–H and O–H groups in total. The number of ether oxygens (including phenoxy) is 1. The third-order valence-corrected chi connectivity index (χ3v) is 3.43. The Balaban J connectivity index is 1.94. The molecule has 2 unspecified atom stereocenters. The second kappa shape index (κ2) is 6.45. The fraction of sp³-hybridized carbons (Fsp3) is 0.846. The first-order valence-corrected chi connectivity index (χ1v) is 6.98. The van der Waals surface area contributed by atoms with Crippen molar-refractivity contribution in [3.63, 3.8) is 0 Å². The average Bonchev–Trinajstić information content (AvgIpc) is 2.75. The van der Waals surface area contributed by atoms with Crippen molar-refractivity contribution in [3.05, 3.63) is 12.2 Å². The van der Waals surface area contributed by atoms with Crippen LogP contribution < -0.4 is 5.73 Å². The Hall–Kier alpha value is -0.980. The van der Waals surface area contributed by atoms with Gasteiger partial charge in [0.15, 0.2) is 0 Å². The van der Waals surface area contributed by atoms with E-state index in [-0.39, 0.29) is 12.1 Å². The van der Waals surface area contributed by atoms with Gasteiger partial charge in [0, 0.05) is 32.1 Å². The second-order valence-corrected chi connectivity index (χ2v) is 5.79. The molecular formula is C13H25N5O. The zero-order chi connectivity index (χ0) is 13.8. The molecule has 2 atom stereocenters. The van der Waals surface area contributed by atoms with Crippen molar-refractivity contribution in [1.82, 2.24) is 19.7 Å². The molecule has 1 saturated heterocycles. The number of hydrogen-bond donors (Lipinski definition) is 1. The van der Waals surface area contributed by atoms with Crippen LogP contribution in [0.25, 0.3) is 0 Å². The van der Waals surface area contributed by atoms with E-state index in [1.54, 1.807) is 6.33 Å². The molecule has 1 aliphatic heterocycles. The number of rotatable bonds is 5. The minimum absolute atomic E-state index is 0.0298. The molecule has 2 heterocycles. The summed E-state index contributed by atoms with van der Waals surface area (Å²) in [6, 6.07) is -0.0298. The van der Waals surface area contributed by atoms with E-state index in [9.17, 15) is 0 Å². The normalized spacial score (nSPS) is 22.9. The molecular weight excluding hydrogens is 242 g/mol. The van der Waals surface area contributed by atoms with Crippen LogP contribution in [0.3, 0.4) is 0 Å². The maximum absolute atomic E-state index is 6.27. The summed E-state index contributed by atoms with van der Waals surface area (Å²) in [4.78, 5) is 6.58. The molecule has 6 nitrogen and oxygen atoms in total. The van der Waals surface area contributed by atoms with Gasteiger partial charge in [-0.3, -0.25) is 0 Å². The lowest BCUT2D eigenvalue weighted by atomic mass is 10.1. The molecule has 0 amide bonds. The van der Waals surface area contributed by atoms with Crippen molar-refractivity contribution in [1.29, 1.82) is 0 Å². The maximum atomic E-state index is 6.27. The Morgan fingerprint density at radius 3 is 3.00 bits per heavy atom. The molecule has 0 bridgehead atoms. The number of hydrogen-bond acceptors (Lipinski definition) is 5. The largest absolute Gasteiger partial charge is 0.374 e. The smallest absolute Gasteiger partial charge is 0.138 e. The lowest BCUT2D eigenvalue weighted by Crippen LogP contribution is -2.50. The second-order valence-electron chi connectivity index (χ2n) is 5.79.